The van der Waals surface area contributed by atoms with E-state index in [4.69, 9.17) is 4.74 Å². The van der Waals surface area contributed by atoms with Crippen LogP contribution in [0, 0.1) is 0 Å². The topological polar surface area (TPSA) is 104 Å². The smallest absolute Gasteiger partial charge is 0.407 e. The van der Waals surface area contributed by atoms with Crippen LogP contribution in [0.4, 0.5) is 4.79 Å². The van der Waals surface area contributed by atoms with E-state index >= 15 is 0 Å². The number of nitrogens with zero attached hydrogens (tertiary/aromatic N) is 1. The van der Waals surface area contributed by atoms with Crippen molar-refractivity contribution < 1.29 is 14.3 Å². The van der Waals surface area contributed by atoms with E-state index in [1.165, 1.54) is 0 Å². The molecular formula is C19H39N5O3. The molecular weight excluding hydrogens is 346 g/mol. The fourth-order valence-electron chi connectivity index (χ4n) is 2.22. The van der Waals surface area contributed by atoms with Crippen molar-refractivity contribution in [3.05, 3.63) is 0 Å². The van der Waals surface area contributed by atoms with Crippen molar-refractivity contribution in [1.29, 1.82) is 0 Å². The van der Waals surface area contributed by atoms with E-state index in [1.54, 1.807) is 0 Å². The Hall–Kier alpha value is -1.99. The van der Waals surface area contributed by atoms with Crippen LogP contribution >= 0.6 is 0 Å². The second-order valence-electron chi connectivity index (χ2n) is 8.51. The lowest BCUT2D eigenvalue weighted by Crippen LogP contribution is -2.48. The summed E-state index contributed by atoms with van der Waals surface area (Å²) in [4.78, 5) is 28.2. The van der Waals surface area contributed by atoms with Crippen molar-refractivity contribution in [3.63, 3.8) is 0 Å². The third-order valence-corrected chi connectivity index (χ3v) is 3.11. The fourth-order valence-corrected chi connectivity index (χ4v) is 2.22. The lowest BCUT2D eigenvalue weighted by molar-refractivity contribution is -0.121. The summed E-state index contributed by atoms with van der Waals surface area (Å²) < 4.78 is 5.32. The van der Waals surface area contributed by atoms with Gasteiger partial charge in [-0.15, -0.1) is 0 Å². The molecule has 0 spiro atoms. The van der Waals surface area contributed by atoms with Gasteiger partial charge in [-0.1, -0.05) is 13.3 Å². The summed E-state index contributed by atoms with van der Waals surface area (Å²) in [6, 6.07) is -0.0999. The van der Waals surface area contributed by atoms with Crippen molar-refractivity contribution in [2.24, 2.45) is 4.99 Å². The van der Waals surface area contributed by atoms with Crippen LogP contribution in [0.1, 0.15) is 68.2 Å². The molecule has 0 fully saturated rings. The van der Waals surface area contributed by atoms with Crippen LogP contribution < -0.4 is 21.3 Å². The molecule has 0 aromatic carbocycles. The Balaban J connectivity index is 4.73. The van der Waals surface area contributed by atoms with Crippen LogP contribution in [0.25, 0.3) is 0 Å². The van der Waals surface area contributed by atoms with Crippen LogP contribution in [-0.4, -0.2) is 54.8 Å². The SMILES string of the molecule is CCCC(CNC(=NCC(=O)NC(C)(C)C)NCC)NC(=O)OC(C)(C)C. The predicted molar refractivity (Wildman–Crippen MR) is 110 cm³/mol. The highest BCUT2D eigenvalue weighted by Crippen LogP contribution is 2.07. The molecule has 1 unspecified atom stereocenters. The van der Waals surface area contributed by atoms with Gasteiger partial charge in [0.1, 0.15) is 12.1 Å². The van der Waals surface area contributed by atoms with Gasteiger partial charge >= 0.3 is 6.09 Å². The minimum absolute atomic E-state index is 0.0323. The van der Waals surface area contributed by atoms with Gasteiger partial charge in [0.2, 0.25) is 5.91 Å². The number of carbonyl (C=O) groups is 2. The van der Waals surface area contributed by atoms with Crippen LogP contribution in [-0.2, 0) is 9.53 Å². The summed E-state index contributed by atoms with van der Waals surface area (Å²) in [5.74, 6) is 0.394. The molecule has 0 radical (unpaired) electrons. The number of alkyl carbamates (subject to hydrolysis) is 1. The molecule has 8 nitrogen and oxygen atoms in total. The first-order valence-corrected chi connectivity index (χ1v) is 9.69. The molecule has 0 aliphatic rings. The Morgan fingerprint density at radius 1 is 1.04 bits per heavy atom. The third kappa shape index (κ3) is 14.8. The summed E-state index contributed by atoms with van der Waals surface area (Å²) in [7, 11) is 0. The lowest BCUT2D eigenvalue weighted by atomic mass is 10.1. The highest BCUT2D eigenvalue weighted by atomic mass is 16.6. The van der Waals surface area contributed by atoms with Gasteiger partial charge < -0.3 is 26.0 Å². The fraction of sp³-hybridized carbons (Fsp3) is 0.842. The summed E-state index contributed by atoms with van der Waals surface area (Å²) in [6.07, 6.45) is 1.29. The van der Waals surface area contributed by atoms with Crippen molar-refractivity contribution in [2.75, 3.05) is 19.6 Å². The number of hydrogen-bond acceptors (Lipinski definition) is 4. The van der Waals surface area contributed by atoms with E-state index in [0.29, 0.717) is 19.0 Å². The molecule has 0 saturated carbocycles. The molecule has 0 aromatic heterocycles. The van der Waals surface area contributed by atoms with Crippen molar-refractivity contribution >= 4 is 18.0 Å². The molecule has 27 heavy (non-hydrogen) atoms. The standard InChI is InChI=1S/C19H39N5O3/c1-9-11-14(23-17(26)27-19(6,7)8)12-21-16(20-10-2)22-13-15(25)24-18(3,4)5/h14H,9-13H2,1-8H3,(H,23,26)(H,24,25)(H2,20,21,22). The molecule has 0 heterocycles. The van der Waals surface area contributed by atoms with E-state index in [9.17, 15) is 9.59 Å². The van der Waals surface area contributed by atoms with E-state index in [1.807, 2.05) is 48.5 Å². The van der Waals surface area contributed by atoms with Gasteiger partial charge in [-0.05, 0) is 54.9 Å². The van der Waals surface area contributed by atoms with E-state index in [0.717, 1.165) is 12.8 Å². The second kappa shape index (κ2) is 11.7. The molecule has 0 aliphatic carbocycles. The molecule has 1 atom stereocenters. The first-order valence-electron chi connectivity index (χ1n) is 9.69. The minimum atomic E-state index is -0.537. The van der Waals surface area contributed by atoms with E-state index in [2.05, 4.69) is 33.2 Å². The average Bonchev–Trinajstić information content (AvgIpc) is 2.46. The zero-order valence-corrected chi connectivity index (χ0v) is 18.3. The van der Waals surface area contributed by atoms with Gasteiger partial charge in [-0.25, -0.2) is 9.79 Å². The van der Waals surface area contributed by atoms with Gasteiger partial charge in [0.15, 0.2) is 5.96 Å². The first kappa shape index (κ1) is 25.0. The molecule has 8 heteroatoms. The van der Waals surface area contributed by atoms with Gasteiger partial charge in [0, 0.05) is 24.7 Å². The zero-order chi connectivity index (χ0) is 21.1. The Kier molecular flexibility index (Phi) is 10.8. The Morgan fingerprint density at radius 3 is 2.15 bits per heavy atom. The maximum atomic E-state index is 12.0. The predicted octanol–water partition coefficient (Wildman–Crippen LogP) is 2.15. The minimum Gasteiger partial charge on any atom is -0.444 e. The number of ether oxygens (including phenoxy) is 1. The summed E-state index contributed by atoms with van der Waals surface area (Å²) in [6.45, 7) is 16.5. The van der Waals surface area contributed by atoms with E-state index in [-0.39, 0.29) is 24.0 Å². The van der Waals surface area contributed by atoms with Crippen molar-refractivity contribution in [3.8, 4) is 0 Å². The summed E-state index contributed by atoms with van der Waals surface area (Å²) in [5.41, 5.74) is -0.826. The number of guanidine groups is 1. The third-order valence-electron chi connectivity index (χ3n) is 3.11. The van der Waals surface area contributed by atoms with Gasteiger partial charge in [-0.2, -0.15) is 0 Å². The molecule has 2 amide bonds. The number of carbonyl (C=O) groups excluding carboxylic acids is 2. The highest BCUT2D eigenvalue weighted by Gasteiger charge is 2.19. The second-order valence-corrected chi connectivity index (χ2v) is 8.51. The zero-order valence-electron chi connectivity index (χ0n) is 18.3. The molecule has 0 bridgehead atoms. The lowest BCUT2D eigenvalue weighted by Gasteiger charge is -2.24. The normalized spacial score (nSPS) is 13.6. The van der Waals surface area contributed by atoms with Crippen LogP contribution in [0.5, 0.6) is 0 Å². The number of rotatable bonds is 8. The summed E-state index contributed by atoms with van der Waals surface area (Å²) >= 11 is 0. The molecule has 0 rings (SSSR count). The molecule has 0 aromatic rings. The molecule has 0 aliphatic heterocycles. The first-order chi connectivity index (χ1) is 12.4. The Bertz CT molecular complexity index is 493. The maximum Gasteiger partial charge on any atom is 0.407 e. The Morgan fingerprint density at radius 2 is 1.67 bits per heavy atom. The van der Waals surface area contributed by atoms with Crippen LogP contribution in [0.15, 0.2) is 4.99 Å². The van der Waals surface area contributed by atoms with Gasteiger partial charge in [0.25, 0.3) is 0 Å². The van der Waals surface area contributed by atoms with Crippen LogP contribution in [0.2, 0.25) is 0 Å². The van der Waals surface area contributed by atoms with Gasteiger partial charge in [-0.3, -0.25) is 4.79 Å². The van der Waals surface area contributed by atoms with Crippen molar-refractivity contribution in [1.82, 2.24) is 21.3 Å². The van der Waals surface area contributed by atoms with E-state index < -0.39 is 11.7 Å². The van der Waals surface area contributed by atoms with Crippen LogP contribution in [0.3, 0.4) is 0 Å². The summed E-state index contributed by atoms with van der Waals surface area (Å²) in [5, 5.41) is 12.0. The molecule has 4 N–H and O–H groups in total. The molecule has 158 valence electrons. The number of aliphatic imine (C=N–C) groups is 1. The quantitative estimate of drug-likeness (QED) is 0.379. The number of nitrogens with one attached hydrogen (secondary N) is 4. The highest BCUT2D eigenvalue weighted by molar-refractivity contribution is 5.85. The monoisotopic (exact) mass is 385 g/mol. The molecule has 0 saturated heterocycles. The average molecular weight is 386 g/mol. The number of hydrogen-bond donors (Lipinski definition) is 4. The Labute approximate surface area is 164 Å². The van der Waals surface area contributed by atoms with Gasteiger partial charge in [0.05, 0.1) is 0 Å². The maximum absolute atomic E-state index is 12.0. The number of amides is 2. The largest absolute Gasteiger partial charge is 0.444 e. The van der Waals surface area contributed by atoms with Crippen molar-refractivity contribution in [2.45, 2.75) is 85.4 Å².